The van der Waals surface area contributed by atoms with Crippen LogP contribution in [0.3, 0.4) is 0 Å². The molecule has 2 N–H and O–H groups in total. The summed E-state index contributed by atoms with van der Waals surface area (Å²) >= 11 is 0. The molecular formula is C9H18N2O2. The lowest BCUT2D eigenvalue weighted by atomic mass is 10.1. The van der Waals surface area contributed by atoms with Gasteiger partial charge in [0.05, 0.1) is 0 Å². The minimum atomic E-state index is -0.886. The third-order valence-electron chi connectivity index (χ3n) is 2.44. The molecule has 0 bridgehead atoms. The molecule has 0 radical (unpaired) electrons. The molecule has 0 aromatic heterocycles. The van der Waals surface area contributed by atoms with Gasteiger partial charge in [0, 0.05) is 25.2 Å². The molecule has 1 aliphatic heterocycles. The van der Waals surface area contributed by atoms with Crippen LogP contribution in [0.4, 0.5) is 0 Å². The van der Waals surface area contributed by atoms with Crippen LogP contribution in [0.5, 0.6) is 0 Å². The van der Waals surface area contributed by atoms with Gasteiger partial charge in [0.2, 0.25) is 0 Å². The molecule has 0 spiro atoms. The Morgan fingerprint density at radius 2 is 1.92 bits per heavy atom. The van der Waals surface area contributed by atoms with Crippen molar-refractivity contribution < 1.29 is 9.90 Å². The summed E-state index contributed by atoms with van der Waals surface area (Å²) in [5.41, 5.74) is 0. The number of aliphatic hydroxyl groups is 1. The highest BCUT2D eigenvalue weighted by Crippen LogP contribution is 2.11. The molecule has 0 aromatic carbocycles. The van der Waals surface area contributed by atoms with Gasteiger partial charge < -0.3 is 15.3 Å². The van der Waals surface area contributed by atoms with Crippen molar-refractivity contribution in [3.63, 3.8) is 0 Å². The highest BCUT2D eigenvalue weighted by atomic mass is 16.3. The third-order valence-corrected chi connectivity index (χ3v) is 2.44. The molecule has 1 amide bonds. The van der Waals surface area contributed by atoms with E-state index in [9.17, 15) is 9.90 Å². The van der Waals surface area contributed by atoms with E-state index < -0.39 is 6.10 Å². The van der Waals surface area contributed by atoms with Crippen LogP contribution in [0.25, 0.3) is 0 Å². The lowest BCUT2D eigenvalue weighted by Crippen LogP contribution is -2.59. The van der Waals surface area contributed by atoms with E-state index in [-0.39, 0.29) is 18.0 Å². The smallest absolute Gasteiger partial charge is 0.251 e. The predicted octanol–water partition coefficient (Wildman–Crippen LogP) is -0.424. The zero-order valence-corrected chi connectivity index (χ0v) is 8.45. The summed E-state index contributed by atoms with van der Waals surface area (Å²) in [5.74, 6) is -0.165. The third kappa shape index (κ3) is 2.19. The van der Waals surface area contributed by atoms with Gasteiger partial charge >= 0.3 is 0 Å². The fourth-order valence-electron chi connectivity index (χ4n) is 1.78. The van der Waals surface area contributed by atoms with E-state index >= 15 is 0 Å². The quantitative estimate of drug-likeness (QED) is 0.584. The molecule has 3 atom stereocenters. The number of nitrogens with one attached hydrogen (secondary N) is 1. The highest BCUT2D eigenvalue weighted by Gasteiger charge is 2.30. The molecule has 1 fully saturated rings. The van der Waals surface area contributed by atoms with Gasteiger partial charge in [0.1, 0.15) is 6.10 Å². The Morgan fingerprint density at radius 1 is 1.46 bits per heavy atom. The Kier molecular flexibility index (Phi) is 3.27. The summed E-state index contributed by atoms with van der Waals surface area (Å²) in [6.07, 6.45) is -0.886. The number of amides is 1. The second kappa shape index (κ2) is 4.07. The lowest BCUT2D eigenvalue weighted by molar-refractivity contribution is -0.144. The summed E-state index contributed by atoms with van der Waals surface area (Å²) in [4.78, 5) is 13.3. The van der Waals surface area contributed by atoms with Crippen LogP contribution < -0.4 is 5.32 Å². The van der Waals surface area contributed by atoms with Crippen molar-refractivity contribution in [3.05, 3.63) is 0 Å². The first kappa shape index (κ1) is 10.5. The number of carbonyl (C=O) groups is 1. The summed E-state index contributed by atoms with van der Waals surface area (Å²) in [5, 5.41) is 12.4. The second-order valence-electron chi connectivity index (χ2n) is 3.78. The Balaban J connectivity index is 2.68. The maximum Gasteiger partial charge on any atom is 0.251 e. The van der Waals surface area contributed by atoms with Crippen LogP contribution in [0.2, 0.25) is 0 Å². The van der Waals surface area contributed by atoms with Crippen LogP contribution in [-0.2, 0) is 4.79 Å². The Morgan fingerprint density at radius 3 is 2.31 bits per heavy atom. The maximum absolute atomic E-state index is 11.6. The van der Waals surface area contributed by atoms with E-state index in [1.165, 1.54) is 6.92 Å². The maximum atomic E-state index is 11.6. The summed E-state index contributed by atoms with van der Waals surface area (Å²) < 4.78 is 0. The number of piperazine rings is 1. The highest BCUT2D eigenvalue weighted by molar-refractivity contribution is 5.81. The monoisotopic (exact) mass is 186 g/mol. The molecule has 4 heteroatoms. The molecule has 13 heavy (non-hydrogen) atoms. The van der Waals surface area contributed by atoms with Crippen molar-refractivity contribution >= 4 is 5.91 Å². The molecule has 0 saturated carbocycles. The summed E-state index contributed by atoms with van der Waals surface area (Å²) in [6.45, 7) is 7.11. The van der Waals surface area contributed by atoms with Gasteiger partial charge in [-0.2, -0.15) is 0 Å². The minimum Gasteiger partial charge on any atom is -0.384 e. The number of aliphatic hydroxyl groups excluding tert-OH is 1. The van der Waals surface area contributed by atoms with Crippen LogP contribution in [0.15, 0.2) is 0 Å². The Labute approximate surface area is 78.9 Å². The molecule has 1 aliphatic rings. The first-order chi connectivity index (χ1) is 6.04. The van der Waals surface area contributed by atoms with E-state index in [4.69, 9.17) is 0 Å². The van der Waals surface area contributed by atoms with Gasteiger partial charge in [0.15, 0.2) is 0 Å². The summed E-state index contributed by atoms with van der Waals surface area (Å²) in [7, 11) is 0. The SMILES string of the molecule is CC(O)C(=O)N1[C@H](C)CNC[C@@H]1C. The fraction of sp³-hybridized carbons (Fsp3) is 0.889. The average molecular weight is 186 g/mol. The molecule has 0 aliphatic carbocycles. The van der Waals surface area contributed by atoms with Gasteiger partial charge in [-0.25, -0.2) is 0 Å². The van der Waals surface area contributed by atoms with Crippen molar-refractivity contribution in [1.82, 2.24) is 10.2 Å². The zero-order valence-electron chi connectivity index (χ0n) is 8.45. The molecule has 76 valence electrons. The summed E-state index contributed by atoms with van der Waals surface area (Å²) in [6, 6.07) is 0.344. The zero-order chi connectivity index (χ0) is 10.0. The van der Waals surface area contributed by atoms with E-state index in [2.05, 4.69) is 5.32 Å². The topological polar surface area (TPSA) is 52.6 Å². The molecule has 1 rings (SSSR count). The van der Waals surface area contributed by atoms with E-state index in [0.717, 1.165) is 13.1 Å². The standard InChI is InChI=1S/C9H18N2O2/c1-6-4-10-5-7(2)11(6)9(13)8(3)12/h6-8,10,12H,4-5H2,1-3H3/t6-,7+,8?. The molecule has 0 aromatic rings. The van der Waals surface area contributed by atoms with Gasteiger partial charge in [0.25, 0.3) is 5.91 Å². The first-order valence-electron chi connectivity index (χ1n) is 4.75. The number of hydrogen-bond acceptors (Lipinski definition) is 3. The average Bonchev–Trinajstić information content (AvgIpc) is 2.03. The van der Waals surface area contributed by atoms with E-state index in [1.807, 2.05) is 13.8 Å². The van der Waals surface area contributed by atoms with E-state index in [0.29, 0.717) is 0 Å². The van der Waals surface area contributed by atoms with Gasteiger partial charge in [-0.15, -0.1) is 0 Å². The number of nitrogens with zero attached hydrogens (tertiary/aromatic N) is 1. The fourth-order valence-corrected chi connectivity index (χ4v) is 1.78. The Hall–Kier alpha value is -0.610. The molecule has 4 nitrogen and oxygen atoms in total. The largest absolute Gasteiger partial charge is 0.384 e. The minimum absolute atomic E-state index is 0.165. The van der Waals surface area contributed by atoms with Crippen LogP contribution in [-0.4, -0.2) is 47.2 Å². The van der Waals surface area contributed by atoms with Crippen LogP contribution in [0, 0.1) is 0 Å². The lowest BCUT2D eigenvalue weighted by Gasteiger charge is -2.40. The molecule has 1 saturated heterocycles. The van der Waals surface area contributed by atoms with Crippen molar-refractivity contribution in [2.24, 2.45) is 0 Å². The Bertz CT molecular complexity index is 184. The first-order valence-corrected chi connectivity index (χ1v) is 4.75. The van der Waals surface area contributed by atoms with Crippen molar-refractivity contribution in [2.75, 3.05) is 13.1 Å². The molecule has 1 heterocycles. The van der Waals surface area contributed by atoms with Crippen molar-refractivity contribution in [3.8, 4) is 0 Å². The van der Waals surface area contributed by atoms with Crippen LogP contribution in [0.1, 0.15) is 20.8 Å². The van der Waals surface area contributed by atoms with Crippen molar-refractivity contribution in [1.29, 1.82) is 0 Å². The van der Waals surface area contributed by atoms with Crippen molar-refractivity contribution in [2.45, 2.75) is 39.0 Å². The van der Waals surface area contributed by atoms with Gasteiger partial charge in [-0.1, -0.05) is 0 Å². The van der Waals surface area contributed by atoms with E-state index in [1.54, 1.807) is 4.90 Å². The van der Waals surface area contributed by atoms with Crippen LogP contribution >= 0.6 is 0 Å². The normalized spacial score (nSPS) is 31.5. The molecule has 1 unspecified atom stereocenters. The number of rotatable bonds is 1. The second-order valence-corrected chi connectivity index (χ2v) is 3.78. The molecular weight excluding hydrogens is 168 g/mol. The predicted molar refractivity (Wildman–Crippen MR) is 50.3 cm³/mol. The van der Waals surface area contributed by atoms with Gasteiger partial charge in [-0.05, 0) is 20.8 Å². The van der Waals surface area contributed by atoms with Gasteiger partial charge in [-0.3, -0.25) is 4.79 Å². The number of hydrogen-bond donors (Lipinski definition) is 2. The number of carbonyl (C=O) groups excluding carboxylic acids is 1.